The Balaban J connectivity index is 1.72. The van der Waals surface area contributed by atoms with Crippen LogP contribution in [0.25, 0.3) is 0 Å². The van der Waals surface area contributed by atoms with E-state index in [1.165, 1.54) is 4.90 Å². The number of amides is 1. The molecule has 3 rings (SSSR count). The molecule has 0 spiro atoms. The molecule has 1 aliphatic heterocycles. The van der Waals surface area contributed by atoms with Gasteiger partial charge >= 0.3 is 6.18 Å². The van der Waals surface area contributed by atoms with E-state index < -0.39 is 23.2 Å². The van der Waals surface area contributed by atoms with Crippen molar-refractivity contribution >= 4 is 11.6 Å². The van der Waals surface area contributed by atoms with Crippen molar-refractivity contribution in [1.29, 1.82) is 0 Å². The molecule has 24 heavy (non-hydrogen) atoms. The lowest BCUT2D eigenvalue weighted by Gasteiger charge is -2.35. The number of anilines is 1. The molecule has 0 saturated carbocycles. The first-order chi connectivity index (χ1) is 11.4. The second-order valence-electron chi connectivity index (χ2n) is 5.57. The topological polar surface area (TPSA) is 54.3 Å². The molecule has 128 valence electrons. The molecule has 0 unspecified atom stereocenters. The van der Waals surface area contributed by atoms with Gasteiger partial charge in [-0.15, -0.1) is 0 Å². The molecule has 9 heteroatoms. The Hall–Kier alpha value is -2.58. The average Bonchev–Trinajstić information content (AvgIpc) is 3.00. The van der Waals surface area contributed by atoms with Crippen molar-refractivity contribution in [1.82, 2.24) is 19.7 Å². The van der Waals surface area contributed by atoms with E-state index in [0.29, 0.717) is 26.2 Å². The normalized spacial score (nSPS) is 15.7. The third kappa shape index (κ3) is 3.19. The van der Waals surface area contributed by atoms with Gasteiger partial charge in [-0.05, 0) is 6.07 Å². The van der Waals surface area contributed by atoms with Crippen LogP contribution >= 0.6 is 0 Å². The van der Waals surface area contributed by atoms with Crippen LogP contribution in [0.5, 0.6) is 0 Å². The highest BCUT2D eigenvalue weighted by molar-refractivity contribution is 5.95. The largest absolute Gasteiger partial charge is 0.417 e. The van der Waals surface area contributed by atoms with Gasteiger partial charge in [-0.2, -0.15) is 18.3 Å². The molecule has 1 fully saturated rings. The summed E-state index contributed by atoms with van der Waals surface area (Å²) in [7, 11) is 1.81. The van der Waals surface area contributed by atoms with Crippen LogP contribution in [0.15, 0.2) is 30.9 Å². The van der Waals surface area contributed by atoms with Gasteiger partial charge < -0.3 is 9.80 Å². The van der Waals surface area contributed by atoms with Crippen molar-refractivity contribution in [3.63, 3.8) is 0 Å². The Morgan fingerprint density at radius 3 is 2.46 bits per heavy atom. The molecule has 1 amide bonds. The van der Waals surface area contributed by atoms with Crippen molar-refractivity contribution in [2.24, 2.45) is 7.05 Å². The number of aryl methyl sites for hydroxylation is 1. The number of carbonyl (C=O) groups excluding carboxylic acids is 1. The SMILES string of the molecule is Cn1cc(N2CCN(C(=O)c3cnccc3C(F)(F)F)CC2)cn1. The fraction of sp³-hybridized carbons (Fsp3) is 0.400. The molecule has 2 aromatic rings. The van der Waals surface area contributed by atoms with E-state index >= 15 is 0 Å². The van der Waals surface area contributed by atoms with Crippen LogP contribution in [-0.4, -0.2) is 51.8 Å². The lowest BCUT2D eigenvalue weighted by Crippen LogP contribution is -2.49. The van der Waals surface area contributed by atoms with E-state index in [1.54, 1.807) is 10.9 Å². The summed E-state index contributed by atoms with van der Waals surface area (Å²) >= 11 is 0. The Morgan fingerprint density at radius 2 is 1.88 bits per heavy atom. The maximum atomic E-state index is 13.0. The summed E-state index contributed by atoms with van der Waals surface area (Å²) in [5.41, 5.74) is -0.418. The molecular formula is C15H16F3N5O. The van der Waals surface area contributed by atoms with Crippen LogP contribution in [-0.2, 0) is 13.2 Å². The van der Waals surface area contributed by atoms with Crippen LogP contribution in [0, 0.1) is 0 Å². The highest BCUT2D eigenvalue weighted by Gasteiger charge is 2.36. The highest BCUT2D eigenvalue weighted by Crippen LogP contribution is 2.32. The lowest BCUT2D eigenvalue weighted by atomic mass is 10.1. The highest BCUT2D eigenvalue weighted by atomic mass is 19.4. The average molecular weight is 339 g/mol. The number of rotatable bonds is 2. The van der Waals surface area contributed by atoms with E-state index in [2.05, 4.69) is 10.1 Å². The quantitative estimate of drug-likeness (QED) is 0.837. The Morgan fingerprint density at radius 1 is 1.17 bits per heavy atom. The molecule has 0 radical (unpaired) electrons. The zero-order chi connectivity index (χ0) is 17.3. The van der Waals surface area contributed by atoms with Gasteiger partial charge in [0.1, 0.15) is 0 Å². The number of aromatic nitrogens is 3. The molecule has 1 saturated heterocycles. The number of halogens is 3. The van der Waals surface area contributed by atoms with E-state index in [4.69, 9.17) is 0 Å². The summed E-state index contributed by atoms with van der Waals surface area (Å²) in [6.45, 7) is 1.78. The van der Waals surface area contributed by atoms with Crippen molar-refractivity contribution in [3.8, 4) is 0 Å². The second kappa shape index (κ2) is 6.14. The number of piperazine rings is 1. The van der Waals surface area contributed by atoms with Gasteiger partial charge in [0.15, 0.2) is 0 Å². The van der Waals surface area contributed by atoms with Gasteiger partial charge in [-0.3, -0.25) is 14.5 Å². The number of alkyl halides is 3. The smallest absolute Gasteiger partial charge is 0.365 e. The van der Waals surface area contributed by atoms with Gasteiger partial charge in [0.25, 0.3) is 5.91 Å². The summed E-state index contributed by atoms with van der Waals surface area (Å²) < 4.78 is 40.8. The van der Waals surface area contributed by atoms with E-state index in [-0.39, 0.29) is 0 Å². The van der Waals surface area contributed by atoms with Crippen LogP contribution < -0.4 is 4.90 Å². The van der Waals surface area contributed by atoms with Gasteiger partial charge in [0.2, 0.25) is 0 Å². The summed E-state index contributed by atoms with van der Waals surface area (Å²) in [4.78, 5) is 19.6. The van der Waals surface area contributed by atoms with Crippen LogP contribution in [0.1, 0.15) is 15.9 Å². The molecule has 2 aromatic heterocycles. The third-order valence-electron chi connectivity index (χ3n) is 3.98. The number of hydrogen-bond donors (Lipinski definition) is 0. The first-order valence-corrected chi connectivity index (χ1v) is 7.40. The monoisotopic (exact) mass is 339 g/mol. The Bertz CT molecular complexity index is 735. The molecule has 0 N–H and O–H groups in total. The van der Waals surface area contributed by atoms with Crippen LogP contribution in [0.4, 0.5) is 18.9 Å². The molecular weight excluding hydrogens is 323 g/mol. The molecule has 0 aromatic carbocycles. The zero-order valence-corrected chi connectivity index (χ0v) is 13.0. The predicted molar refractivity (Wildman–Crippen MR) is 80.6 cm³/mol. The molecule has 6 nitrogen and oxygen atoms in total. The maximum absolute atomic E-state index is 13.0. The van der Waals surface area contributed by atoms with Gasteiger partial charge in [-0.1, -0.05) is 0 Å². The zero-order valence-electron chi connectivity index (χ0n) is 13.0. The number of nitrogens with zero attached hydrogens (tertiary/aromatic N) is 5. The van der Waals surface area contributed by atoms with E-state index in [9.17, 15) is 18.0 Å². The number of pyridine rings is 1. The van der Waals surface area contributed by atoms with E-state index in [1.807, 2.05) is 18.1 Å². The minimum atomic E-state index is -4.58. The Labute approximate surface area is 136 Å². The minimum Gasteiger partial charge on any atom is -0.365 e. The van der Waals surface area contributed by atoms with Crippen LogP contribution in [0.2, 0.25) is 0 Å². The summed E-state index contributed by atoms with van der Waals surface area (Å²) in [6.07, 6.45) is 1.03. The molecule has 0 atom stereocenters. The summed E-state index contributed by atoms with van der Waals surface area (Å²) in [6, 6.07) is 0.832. The van der Waals surface area contributed by atoms with Gasteiger partial charge in [0.05, 0.1) is 23.0 Å². The first kappa shape index (κ1) is 16.3. The van der Waals surface area contributed by atoms with Crippen molar-refractivity contribution in [3.05, 3.63) is 42.0 Å². The fourth-order valence-corrected chi connectivity index (χ4v) is 2.72. The molecule has 0 aliphatic carbocycles. The molecule has 0 bridgehead atoms. The second-order valence-corrected chi connectivity index (χ2v) is 5.57. The van der Waals surface area contributed by atoms with Crippen LogP contribution in [0.3, 0.4) is 0 Å². The number of carbonyl (C=O) groups is 1. The van der Waals surface area contributed by atoms with Crippen molar-refractivity contribution in [2.75, 3.05) is 31.1 Å². The summed E-state index contributed by atoms with van der Waals surface area (Å²) in [5.74, 6) is -0.638. The van der Waals surface area contributed by atoms with E-state index in [0.717, 1.165) is 24.1 Å². The maximum Gasteiger partial charge on any atom is 0.417 e. The summed E-state index contributed by atoms with van der Waals surface area (Å²) in [5, 5.41) is 4.09. The fourth-order valence-electron chi connectivity index (χ4n) is 2.72. The molecule has 3 heterocycles. The van der Waals surface area contributed by atoms with Gasteiger partial charge in [0, 0.05) is 51.8 Å². The minimum absolute atomic E-state index is 0.347. The van der Waals surface area contributed by atoms with Crippen molar-refractivity contribution in [2.45, 2.75) is 6.18 Å². The molecule has 1 aliphatic rings. The third-order valence-corrected chi connectivity index (χ3v) is 3.98. The first-order valence-electron chi connectivity index (χ1n) is 7.40. The predicted octanol–water partition coefficient (Wildman–Crippen LogP) is 1.80. The number of hydrogen-bond acceptors (Lipinski definition) is 4. The lowest BCUT2D eigenvalue weighted by molar-refractivity contribution is -0.138. The standard InChI is InChI=1S/C15H16F3N5O/c1-21-10-11(8-20-21)22-4-6-23(7-5-22)14(24)12-9-19-3-2-13(12)15(16,17)18/h2-3,8-10H,4-7H2,1H3. The van der Waals surface area contributed by atoms with Gasteiger partial charge in [-0.25, -0.2) is 0 Å². The van der Waals surface area contributed by atoms with Crippen molar-refractivity contribution < 1.29 is 18.0 Å². The Kier molecular flexibility index (Phi) is 4.16.